The molecule has 1 amide bonds. The van der Waals surface area contributed by atoms with Gasteiger partial charge in [0, 0.05) is 12.2 Å². The molecule has 9 heteroatoms. The van der Waals surface area contributed by atoms with Crippen LogP contribution in [-0.2, 0) is 16.6 Å². The maximum Gasteiger partial charge on any atom is 0.417 e. The van der Waals surface area contributed by atoms with Crippen LogP contribution < -0.4 is 5.32 Å². The lowest BCUT2D eigenvalue weighted by Crippen LogP contribution is -2.30. The number of amides is 1. The first-order chi connectivity index (χ1) is 14.1. The minimum absolute atomic E-state index is 0.0178. The summed E-state index contributed by atoms with van der Waals surface area (Å²) >= 11 is 0. The first-order valence-corrected chi connectivity index (χ1v) is 9.68. The van der Waals surface area contributed by atoms with Crippen molar-refractivity contribution in [2.45, 2.75) is 50.4 Å². The van der Waals surface area contributed by atoms with Crippen molar-refractivity contribution in [1.82, 2.24) is 14.5 Å². The van der Waals surface area contributed by atoms with Crippen molar-refractivity contribution in [3.63, 3.8) is 0 Å². The predicted molar refractivity (Wildman–Crippen MR) is 105 cm³/mol. The molecule has 1 fully saturated rings. The van der Waals surface area contributed by atoms with E-state index in [-0.39, 0.29) is 23.9 Å². The number of carbonyl (C=O) groups is 1. The van der Waals surface area contributed by atoms with Crippen LogP contribution in [0.5, 0.6) is 0 Å². The molecule has 2 aromatic heterocycles. The van der Waals surface area contributed by atoms with Gasteiger partial charge in [-0.25, -0.2) is 9.97 Å². The highest BCUT2D eigenvalue weighted by Crippen LogP contribution is 2.38. The molecule has 1 aliphatic carbocycles. The number of benzene rings is 1. The number of pyridine rings is 1. The second-order valence-electron chi connectivity index (χ2n) is 7.82. The summed E-state index contributed by atoms with van der Waals surface area (Å²) in [5, 5.41) is 13.4. The number of alkyl halides is 3. The Hall–Kier alpha value is -2.94. The number of nitrogens with zero attached hydrogens (tertiary/aromatic N) is 3. The summed E-state index contributed by atoms with van der Waals surface area (Å²) in [6.45, 7) is 1.54. The number of hydrogen-bond donors (Lipinski definition) is 2. The molecule has 0 saturated heterocycles. The molecule has 0 radical (unpaired) electrons. The molecule has 30 heavy (non-hydrogen) atoms. The molecule has 0 spiro atoms. The van der Waals surface area contributed by atoms with Crippen molar-refractivity contribution in [2.24, 2.45) is 0 Å². The lowest BCUT2D eigenvalue weighted by atomic mass is 9.92. The first kappa shape index (κ1) is 20.3. The van der Waals surface area contributed by atoms with Crippen LogP contribution in [-0.4, -0.2) is 25.5 Å². The number of anilines is 1. The Morgan fingerprint density at radius 2 is 1.93 bits per heavy atom. The van der Waals surface area contributed by atoms with E-state index >= 15 is 0 Å². The molecule has 2 N–H and O–H groups in total. The van der Waals surface area contributed by atoms with Crippen LogP contribution in [0, 0.1) is 0 Å². The third-order valence-corrected chi connectivity index (χ3v) is 5.45. The number of aliphatic hydroxyl groups is 1. The van der Waals surface area contributed by atoms with E-state index in [1.807, 2.05) is 6.07 Å². The lowest BCUT2D eigenvalue weighted by molar-refractivity contribution is -0.137. The fraction of sp³-hybridized carbons (Fsp3) is 0.381. The van der Waals surface area contributed by atoms with Crippen LogP contribution >= 0.6 is 0 Å². The molecular formula is C21H21F3N4O2. The second-order valence-corrected chi connectivity index (χ2v) is 7.82. The number of hydrogen-bond acceptors (Lipinski definition) is 4. The molecule has 3 aromatic rings. The molecule has 1 aliphatic rings. The molecule has 0 bridgehead atoms. The maximum atomic E-state index is 13.0. The highest BCUT2D eigenvalue weighted by molar-refractivity contribution is 5.91. The van der Waals surface area contributed by atoms with Gasteiger partial charge in [0.25, 0.3) is 0 Å². The molecule has 1 atom stereocenters. The minimum Gasteiger partial charge on any atom is -0.385 e. The summed E-state index contributed by atoms with van der Waals surface area (Å²) in [7, 11) is 0. The van der Waals surface area contributed by atoms with Crippen LogP contribution in [0.4, 0.5) is 19.1 Å². The summed E-state index contributed by atoms with van der Waals surface area (Å²) in [5.74, 6) is -0.342. The van der Waals surface area contributed by atoms with Gasteiger partial charge in [0.1, 0.15) is 5.52 Å². The van der Waals surface area contributed by atoms with Gasteiger partial charge in [0.2, 0.25) is 11.9 Å². The number of halogens is 3. The second kappa shape index (κ2) is 7.39. The van der Waals surface area contributed by atoms with Gasteiger partial charge in [-0.3, -0.25) is 14.7 Å². The van der Waals surface area contributed by atoms with Gasteiger partial charge in [0.05, 0.1) is 17.6 Å². The van der Waals surface area contributed by atoms with Gasteiger partial charge >= 0.3 is 6.18 Å². The first-order valence-electron chi connectivity index (χ1n) is 9.68. The topological polar surface area (TPSA) is 80.0 Å². The third kappa shape index (κ3) is 3.89. The Labute approximate surface area is 170 Å². The number of aromatic nitrogens is 3. The Morgan fingerprint density at radius 1 is 1.23 bits per heavy atom. The molecular weight excluding hydrogens is 397 g/mol. The van der Waals surface area contributed by atoms with Gasteiger partial charge in [-0.15, -0.1) is 0 Å². The maximum absolute atomic E-state index is 13.0. The van der Waals surface area contributed by atoms with Gasteiger partial charge in [-0.1, -0.05) is 30.3 Å². The average Bonchev–Trinajstić information content (AvgIpc) is 2.97. The Bertz CT molecular complexity index is 1070. The third-order valence-electron chi connectivity index (χ3n) is 5.45. The minimum atomic E-state index is -4.53. The zero-order chi connectivity index (χ0) is 21.5. The Morgan fingerprint density at radius 3 is 2.53 bits per heavy atom. The van der Waals surface area contributed by atoms with E-state index in [0.717, 1.165) is 31.5 Å². The van der Waals surface area contributed by atoms with Crippen molar-refractivity contribution in [2.75, 3.05) is 5.32 Å². The fourth-order valence-electron chi connectivity index (χ4n) is 3.60. The van der Waals surface area contributed by atoms with Gasteiger partial charge in [-0.05, 0) is 37.8 Å². The summed E-state index contributed by atoms with van der Waals surface area (Å²) in [4.78, 5) is 20.9. The Kier molecular flexibility index (Phi) is 5.01. The van der Waals surface area contributed by atoms with Crippen molar-refractivity contribution < 1.29 is 23.1 Å². The van der Waals surface area contributed by atoms with Gasteiger partial charge < -0.3 is 5.11 Å². The molecule has 6 nitrogen and oxygen atoms in total. The van der Waals surface area contributed by atoms with Crippen molar-refractivity contribution >= 4 is 23.0 Å². The smallest absolute Gasteiger partial charge is 0.385 e. The van der Waals surface area contributed by atoms with Crippen LogP contribution in [0.2, 0.25) is 0 Å². The molecule has 1 aromatic carbocycles. The highest BCUT2D eigenvalue weighted by atomic mass is 19.4. The molecule has 1 saturated carbocycles. The lowest BCUT2D eigenvalue weighted by Gasteiger charge is -2.29. The van der Waals surface area contributed by atoms with Crippen LogP contribution in [0.3, 0.4) is 0 Å². The largest absolute Gasteiger partial charge is 0.417 e. The number of fused-ring (bicyclic) bond motifs is 1. The fourth-order valence-corrected chi connectivity index (χ4v) is 3.60. The van der Waals surface area contributed by atoms with Gasteiger partial charge in [-0.2, -0.15) is 13.2 Å². The van der Waals surface area contributed by atoms with E-state index in [4.69, 9.17) is 0 Å². The summed E-state index contributed by atoms with van der Waals surface area (Å²) in [6, 6.07) is 9.74. The summed E-state index contributed by atoms with van der Waals surface area (Å²) in [5.41, 5.74) is -1.33. The standard InChI is InChI=1S/C21H21F3N4O2/c1-20(30,13-6-3-2-4-7-13)11-17(29)27-19-26-16-10-14(21(22,23)24)12-25-18(16)28(19)15-8-5-9-15/h2-4,6-7,10,12,15,30H,5,8-9,11H2,1H3,(H,26,27,29). The van der Waals surface area contributed by atoms with E-state index in [1.54, 1.807) is 28.8 Å². The number of carbonyl (C=O) groups excluding carboxylic acids is 1. The molecule has 1 unspecified atom stereocenters. The molecule has 0 aliphatic heterocycles. The van der Waals surface area contributed by atoms with Gasteiger partial charge in [0.15, 0.2) is 5.65 Å². The number of rotatable bonds is 5. The normalized spacial score (nSPS) is 16.8. The average molecular weight is 418 g/mol. The summed E-state index contributed by atoms with van der Waals surface area (Å²) < 4.78 is 40.8. The molecule has 158 valence electrons. The SMILES string of the molecule is CC(O)(CC(=O)Nc1nc2cc(C(F)(F)F)cnc2n1C1CCC1)c1ccccc1. The van der Waals surface area contributed by atoms with E-state index in [9.17, 15) is 23.1 Å². The monoisotopic (exact) mass is 418 g/mol. The summed E-state index contributed by atoms with van der Waals surface area (Å²) in [6.07, 6.45) is -1.32. The van der Waals surface area contributed by atoms with Crippen LogP contribution in [0.25, 0.3) is 11.2 Å². The molecule has 2 heterocycles. The van der Waals surface area contributed by atoms with Crippen molar-refractivity contribution in [1.29, 1.82) is 0 Å². The Balaban J connectivity index is 1.63. The number of imidazole rings is 1. The van der Waals surface area contributed by atoms with E-state index in [1.165, 1.54) is 6.92 Å². The zero-order valence-electron chi connectivity index (χ0n) is 16.3. The quantitative estimate of drug-likeness (QED) is 0.643. The highest BCUT2D eigenvalue weighted by Gasteiger charge is 2.33. The van der Waals surface area contributed by atoms with Crippen LogP contribution in [0.15, 0.2) is 42.6 Å². The van der Waals surface area contributed by atoms with Crippen molar-refractivity contribution in [3.8, 4) is 0 Å². The van der Waals surface area contributed by atoms with E-state index < -0.39 is 23.2 Å². The van der Waals surface area contributed by atoms with E-state index in [0.29, 0.717) is 11.2 Å². The van der Waals surface area contributed by atoms with Crippen LogP contribution in [0.1, 0.15) is 49.8 Å². The molecule has 4 rings (SSSR count). The number of nitrogens with one attached hydrogen (secondary N) is 1. The van der Waals surface area contributed by atoms with E-state index in [2.05, 4.69) is 15.3 Å². The zero-order valence-corrected chi connectivity index (χ0v) is 16.3. The van der Waals surface area contributed by atoms with Crippen molar-refractivity contribution in [3.05, 3.63) is 53.7 Å². The predicted octanol–water partition coefficient (Wildman–Crippen LogP) is 4.41.